The number of carbonyl (C=O) groups excluding carboxylic acids is 2. The standard InChI is InChI=1S/C13H17NO2/c1-3-11(15)13(14-12(16)4-2)10-8-6-5-7-9-10/h5-9,13H,3-4H2,1-2H3,(H,14,16)/t13-/m1/s1. The van der Waals surface area contributed by atoms with Crippen LogP contribution in [0.1, 0.15) is 38.3 Å². The predicted octanol–water partition coefficient (Wildman–Crippen LogP) is 2.23. The zero-order valence-corrected chi connectivity index (χ0v) is 9.69. The van der Waals surface area contributed by atoms with E-state index in [4.69, 9.17) is 0 Å². The summed E-state index contributed by atoms with van der Waals surface area (Å²) in [6.07, 6.45) is 0.809. The Morgan fingerprint density at radius 1 is 1.12 bits per heavy atom. The maximum absolute atomic E-state index is 11.7. The molecule has 0 saturated heterocycles. The molecule has 0 aromatic heterocycles. The summed E-state index contributed by atoms with van der Waals surface area (Å²) in [4.78, 5) is 23.1. The van der Waals surface area contributed by atoms with Crippen molar-refractivity contribution in [1.82, 2.24) is 5.32 Å². The Bertz CT molecular complexity index is 359. The van der Waals surface area contributed by atoms with Crippen molar-refractivity contribution in [2.24, 2.45) is 0 Å². The first-order valence-electron chi connectivity index (χ1n) is 5.56. The van der Waals surface area contributed by atoms with E-state index in [0.717, 1.165) is 5.56 Å². The van der Waals surface area contributed by atoms with Gasteiger partial charge in [-0.1, -0.05) is 44.2 Å². The molecule has 3 heteroatoms. The molecule has 1 N–H and O–H groups in total. The average molecular weight is 219 g/mol. The molecular weight excluding hydrogens is 202 g/mol. The lowest BCUT2D eigenvalue weighted by Crippen LogP contribution is -2.33. The third kappa shape index (κ3) is 3.19. The Morgan fingerprint density at radius 3 is 2.25 bits per heavy atom. The summed E-state index contributed by atoms with van der Waals surface area (Å²) in [5.41, 5.74) is 0.844. The van der Waals surface area contributed by atoms with Gasteiger partial charge in [-0.25, -0.2) is 0 Å². The van der Waals surface area contributed by atoms with Gasteiger partial charge in [0.1, 0.15) is 6.04 Å². The van der Waals surface area contributed by atoms with Gasteiger partial charge in [0.15, 0.2) is 5.78 Å². The van der Waals surface area contributed by atoms with Gasteiger partial charge in [0.25, 0.3) is 0 Å². The Labute approximate surface area is 95.9 Å². The highest BCUT2D eigenvalue weighted by molar-refractivity contribution is 5.89. The molecule has 16 heavy (non-hydrogen) atoms. The molecule has 1 rings (SSSR count). The SMILES string of the molecule is CCC(=O)N[C@@H](C(=O)CC)c1ccccc1. The van der Waals surface area contributed by atoms with E-state index in [1.54, 1.807) is 13.8 Å². The Balaban J connectivity index is 2.88. The number of carbonyl (C=O) groups is 2. The van der Waals surface area contributed by atoms with E-state index in [1.165, 1.54) is 0 Å². The third-order valence-electron chi connectivity index (χ3n) is 2.43. The van der Waals surface area contributed by atoms with E-state index in [2.05, 4.69) is 5.32 Å². The van der Waals surface area contributed by atoms with Crippen LogP contribution in [0, 0.1) is 0 Å². The fourth-order valence-corrected chi connectivity index (χ4v) is 1.46. The van der Waals surface area contributed by atoms with E-state index in [1.807, 2.05) is 30.3 Å². The fourth-order valence-electron chi connectivity index (χ4n) is 1.46. The first-order chi connectivity index (χ1) is 7.69. The van der Waals surface area contributed by atoms with Crippen molar-refractivity contribution in [3.63, 3.8) is 0 Å². The summed E-state index contributed by atoms with van der Waals surface area (Å²) in [5, 5.41) is 2.75. The highest BCUT2D eigenvalue weighted by atomic mass is 16.2. The number of amides is 1. The highest BCUT2D eigenvalue weighted by Crippen LogP contribution is 2.15. The van der Waals surface area contributed by atoms with Gasteiger partial charge in [-0.2, -0.15) is 0 Å². The van der Waals surface area contributed by atoms with Gasteiger partial charge in [-0.05, 0) is 5.56 Å². The molecular formula is C13H17NO2. The number of Topliss-reactive ketones (excluding diaryl/α,β-unsaturated/α-hetero) is 1. The Kier molecular flexibility index (Phi) is 4.70. The molecule has 0 saturated carbocycles. The van der Waals surface area contributed by atoms with Crippen molar-refractivity contribution >= 4 is 11.7 Å². The maximum Gasteiger partial charge on any atom is 0.220 e. The first-order valence-corrected chi connectivity index (χ1v) is 5.56. The summed E-state index contributed by atoms with van der Waals surface area (Å²) in [6, 6.07) is 8.83. The summed E-state index contributed by atoms with van der Waals surface area (Å²) in [7, 11) is 0. The minimum Gasteiger partial charge on any atom is -0.342 e. The number of nitrogens with one attached hydrogen (secondary N) is 1. The molecule has 1 aromatic carbocycles. The number of hydrogen-bond donors (Lipinski definition) is 1. The van der Waals surface area contributed by atoms with Gasteiger partial charge in [-0.15, -0.1) is 0 Å². The molecule has 0 unspecified atom stereocenters. The highest BCUT2D eigenvalue weighted by Gasteiger charge is 2.19. The van der Waals surface area contributed by atoms with Gasteiger partial charge in [0, 0.05) is 12.8 Å². The van der Waals surface area contributed by atoms with Crippen LogP contribution in [0.25, 0.3) is 0 Å². The average Bonchev–Trinajstić information content (AvgIpc) is 2.35. The molecule has 0 bridgehead atoms. The van der Waals surface area contributed by atoms with Crippen LogP contribution < -0.4 is 5.32 Å². The van der Waals surface area contributed by atoms with Crippen LogP contribution in [0.2, 0.25) is 0 Å². The van der Waals surface area contributed by atoms with Gasteiger partial charge in [-0.3, -0.25) is 9.59 Å². The molecule has 1 amide bonds. The molecule has 0 aliphatic rings. The predicted molar refractivity (Wildman–Crippen MR) is 62.9 cm³/mol. The molecule has 1 atom stereocenters. The van der Waals surface area contributed by atoms with E-state index in [0.29, 0.717) is 12.8 Å². The molecule has 0 radical (unpaired) electrons. The second kappa shape index (κ2) is 6.05. The largest absolute Gasteiger partial charge is 0.342 e. The summed E-state index contributed by atoms with van der Waals surface area (Å²) in [5.74, 6) is -0.0661. The van der Waals surface area contributed by atoms with Crippen molar-refractivity contribution in [3.8, 4) is 0 Å². The minimum absolute atomic E-state index is 0.0352. The number of benzene rings is 1. The first kappa shape index (κ1) is 12.4. The zero-order valence-electron chi connectivity index (χ0n) is 9.69. The van der Waals surface area contributed by atoms with E-state index < -0.39 is 6.04 Å². The van der Waals surface area contributed by atoms with Crippen molar-refractivity contribution in [2.45, 2.75) is 32.7 Å². The molecule has 0 aliphatic carbocycles. The monoisotopic (exact) mass is 219 g/mol. The van der Waals surface area contributed by atoms with Crippen LogP contribution in [0.15, 0.2) is 30.3 Å². The van der Waals surface area contributed by atoms with Crippen molar-refractivity contribution in [3.05, 3.63) is 35.9 Å². The van der Waals surface area contributed by atoms with Crippen LogP contribution in [0.3, 0.4) is 0 Å². The van der Waals surface area contributed by atoms with E-state index >= 15 is 0 Å². The molecule has 0 fully saturated rings. The van der Waals surface area contributed by atoms with Crippen LogP contribution in [0.4, 0.5) is 0 Å². The van der Waals surface area contributed by atoms with Gasteiger partial charge in [0.2, 0.25) is 5.91 Å². The van der Waals surface area contributed by atoms with Gasteiger partial charge < -0.3 is 5.32 Å². The van der Waals surface area contributed by atoms with Crippen LogP contribution in [-0.4, -0.2) is 11.7 Å². The Hall–Kier alpha value is -1.64. The van der Waals surface area contributed by atoms with Crippen LogP contribution in [0.5, 0.6) is 0 Å². The molecule has 0 heterocycles. The summed E-state index contributed by atoms with van der Waals surface area (Å²) in [6.45, 7) is 3.57. The van der Waals surface area contributed by atoms with Gasteiger partial charge in [0.05, 0.1) is 0 Å². The van der Waals surface area contributed by atoms with E-state index in [-0.39, 0.29) is 11.7 Å². The molecule has 1 aromatic rings. The molecule has 0 aliphatic heterocycles. The molecule has 0 spiro atoms. The lowest BCUT2D eigenvalue weighted by atomic mass is 10.0. The summed E-state index contributed by atoms with van der Waals surface area (Å²) >= 11 is 0. The molecule has 3 nitrogen and oxygen atoms in total. The minimum atomic E-state index is -0.501. The normalized spacial score (nSPS) is 11.9. The van der Waals surface area contributed by atoms with Crippen LogP contribution >= 0.6 is 0 Å². The topological polar surface area (TPSA) is 46.2 Å². The van der Waals surface area contributed by atoms with Crippen LogP contribution in [-0.2, 0) is 9.59 Å². The summed E-state index contributed by atoms with van der Waals surface area (Å²) < 4.78 is 0. The van der Waals surface area contributed by atoms with Crippen molar-refractivity contribution in [1.29, 1.82) is 0 Å². The lowest BCUT2D eigenvalue weighted by Gasteiger charge is -2.16. The second-order valence-corrected chi connectivity index (χ2v) is 3.58. The smallest absolute Gasteiger partial charge is 0.220 e. The number of ketones is 1. The maximum atomic E-state index is 11.7. The third-order valence-corrected chi connectivity index (χ3v) is 2.43. The second-order valence-electron chi connectivity index (χ2n) is 3.58. The quantitative estimate of drug-likeness (QED) is 0.825. The van der Waals surface area contributed by atoms with Crippen molar-refractivity contribution < 1.29 is 9.59 Å². The van der Waals surface area contributed by atoms with Gasteiger partial charge >= 0.3 is 0 Å². The Morgan fingerprint density at radius 2 is 1.75 bits per heavy atom. The lowest BCUT2D eigenvalue weighted by molar-refractivity contribution is -0.127. The van der Waals surface area contributed by atoms with E-state index in [9.17, 15) is 9.59 Å². The zero-order chi connectivity index (χ0) is 12.0. The molecule has 86 valence electrons. The fraction of sp³-hybridized carbons (Fsp3) is 0.385. The van der Waals surface area contributed by atoms with Crippen molar-refractivity contribution in [2.75, 3.05) is 0 Å². The number of rotatable bonds is 5. The number of hydrogen-bond acceptors (Lipinski definition) is 2.